The standard InChI is InChI=1S/C19H20N6O2/c1-13-12-24-15-16(22(2)19(27)23(3)17(15)26)20-18(24)25(21-13)11-7-10-14-8-5-4-6-9-14/h4-10H,11-12H2,1-3H3/b10-7+. The van der Waals surface area contributed by atoms with Gasteiger partial charge in [0.15, 0.2) is 11.2 Å². The molecule has 0 saturated carbocycles. The zero-order valence-corrected chi connectivity index (χ0v) is 15.5. The Morgan fingerprint density at radius 1 is 1.11 bits per heavy atom. The highest BCUT2D eigenvalue weighted by Gasteiger charge is 2.25. The van der Waals surface area contributed by atoms with Gasteiger partial charge in [0.25, 0.3) is 5.56 Å². The van der Waals surface area contributed by atoms with E-state index in [1.54, 1.807) is 12.1 Å². The molecule has 0 aliphatic carbocycles. The summed E-state index contributed by atoms with van der Waals surface area (Å²) in [6.07, 6.45) is 4.01. The lowest BCUT2D eigenvalue weighted by atomic mass is 10.2. The Labute approximate surface area is 155 Å². The van der Waals surface area contributed by atoms with Crippen LogP contribution in [0.5, 0.6) is 0 Å². The second-order valence-electron chi connectivity index (χ2n) is 6.61. The molecule has 0 bridgehead atoms. The molecule has 2 aromatic heterocycles. The molecule has 0 radical (unpaired) electrons. The number of nitrogens with zero attached hydrogens (tertiary/aromatic N) is 6. The number of imidazole rings is 1. The zero-order chi connectivity index (χ0) is 19.1. The van der Waals surface area contributed by atoms with Crippen LogP contribution in [0.15, 0.2) is 51.1 Å². The van der Waals surface area contributed by atoms with Crippen LogP contribution in [0.2, 0.25) is 0 Å². The molecule has 0 saturated heterocycles. The van der Waals surface area contributed by atoms with E-state index in [-0.39, 0.29) is 5.56 Å². The second kappa shape index (κ2) is 6.39. The molecule has 1 aromatic carbocycles. The van der Waals surface area contributed by atoms with Gasteiger partial charge in [0.2, 0.25) is 5.95 Å². The number of fused-ring (bicyclic) bond motifs is 3. The summed E-state index contributed by atoms with van der Waals surface area (Å²) in [7, 11) is 3.10. The molecule has 3 heterocycles. The van der Waals surface area contributed by atoms with Gasteiger partial charge in [0, 0.05) is 14.1 Å². The largest absolute Gasteiger partial charge is 0.332 e. The Hall–Kier alpha value is -3.42. The monoisotopic (exact) mass is 364 g/mol. The van der Waals surface area contributed by atoms with Gasteiger partial charge in [0.05, 0.1) is 18.8 Å². The van der Waals surface area contributed by atoms with E-state index in [0.717, 1.165) is 15.8 Å². The average Bonchev–Trinajstić information content (AvgIpc) is 3.05. The van der Waals surface area contributed by atoms with Crippen LogP contribution in [0.1, 0.15) is 12.5 Å². The molecule has 1 aliphatic heterocycles. The maximum atomic E-state index is 12.7. The summed E-state index contributed by atoms with van der Waals surface area (Å²) in [5.41, 5.74) is 2.02. The number of hydrazone groups is 1. The van der Waals surface area contributed by atoms with Crippen molar-refractivity contribution in [2.45, 2.75) is 13.5 Å². The first-order valence-electron chi connectivity index (χ1n) is 8.67. The molecule has 8 nitrogen and oxygen atoms in total. The number of anilines is 1. The van der Waals surface area contributed by atoms with E-state index >= 15 is 0 Å². The van der Waals surface area contributed by atoms with Crippen LogP contribution in [0.3, 0.4) is 0 Å². The molecular formula is C19H20N6O2. The number of hydrogen-bond acceptors (Lipinski definition) is 5. The summed E-state index contributed by atoms with van der Waals surface area (Å²) in [4.78, 5) is 29.4. The van der Waals surface area contributed by atoms with Crippen LogP contribution >= 0.6 is 0 Å². The molecule has 0 spiro atoms. The smallest absolute Gasteiger partial charge is 0.297 e. The molecule has 0 amide bonds. The lowest BCUT2D eigenvalue weighted by Gasteiger charge is -2.23. The first-order chi connectivity index (χ1) is 13.0. The van der Waals surface area contributed by atoms with Crippen molar-refractivity contribution in [3.63, 3.8) is 0 Å². The van der Waals surface area contributed by atoms with Gasteiger partial charge >= 0.3 is 5.69 Å². The average molecular weight is 364 g/mol. The fraction of sp³-hybridized carbons (Fsp3) is 0.263. The Bertz CT molecular complexity index is 1200. The SMILES string of the molecule is CC1=NN(C/C=C/c2ccccc2)c2nc3c(c(=O)n(C)c(=O)n3C)n2C1. The Balaban J connectivity index is 1.79. The predicted molar refractivity (Wildman–Crippen MR) is 106 cm³/mol. The molecule has 4 rings (SSSR count). The Kier molecular flexibility index (Phi) is 4.02. The first kappa shape index (κ1) is 17.0. The van der Waals surface area contributed by atoms with Crippen LogP contribution in [0, 0.1) is 0 Å². The third kappa shape index (κ3) is 2.79. The van der Waals surface area contributed by atoms with E-state index < -0.39 is 5.69 Å². The van der Waals surface area contributed by atoms with Gasteiger partial charge in [-0.2, -0.15) is 10.1 Å². The summed E-state index contributed by atoms with van der Waals surface area (Å²) in [5, 5.41) is 6.33. The minimum Gasteiger partial charge on any atom is -0.297 e. The molecule has 1 aliphatic rings. The summed E-state index contributed by atoms with van der Waals surface area (Å²) >= 11 is 0. The summed E-state index contributed by atoms with van der Waals surface area (Å²) < 4.78 is 4.34. The normalized spacial score (nSPS) is 14.0. The molecule has 3 aromatic rings. The lowest BCUT2D eigenvalue weighted by Crippen LogP contribution is -2.38. The minimum absolute atomic E-state index is 0.346. The topological polar surface area (TPSA) is 77.4 Å². The summed E-state index contributed by atoms with van der Waals surface area (Å²) in [5.74, 6) is 0.562. The van der Waals surface area contributed by atoms with Crippen molar-refractivity contribution in [3.8, 4) is 0 Å². The number of rotatable bonds is 3. The van der Waals surface area contributed by atoms with Crippen molar-refractivity contribution in [3.05, 3.63) is 62.8 Å². The van der Waals surface area contributed by atoms with E-state index in [2.05, 4.69) is 10.1 Å². The van der Waals surface area contributed by atoms with E-state index in [9.17, 15) is 9.59 Å². The van der Waals surface area contributed by atoms with Crippen LogP contribution in [-0.4, -0.2) is 30.9 Å². The van der Waals surface area contributed by atoms with Crippen molar-refractivity contribution in [1.29, 1.82) is 0 Å². The van der Waals surface area contributed by atoms with Crippen molar-refractivity contribution in [2.24, 2.45) is 19.2 Å². The first-order valence-corrected chi connectivity index (χ1v) is 8.67. The fourth-order valence-electron chi connectivity index (χ4n) is 3.27. The molecule has 0 atom stereocenters. The third-order valence-electron chi connectivity index (χ3n) is 4.63. The molecule has 27 heavy (non-hydrogen) atoms. The Morgan fingerprint density at radius 3 is 2.59 bits per heavy atom. The van der Waals surface area contributed by atoms with E-state index in [0.29, 0.717) is 30.2 Å². The van der Waals surface area contributed by atoms with Gasteiger partial charge < -0.3 is 0 Å². The second-order valence-corrected chi connectivity index (χ2v) is 6.61. The quantitative estimate of drug-likeness (QED) is 0.703. The van der Waals surface area contributed by atoms with E-state index in [4.69, 9.17) is 0 Å². The zero-order valence-electron chi connectivity index (χ0n) is 15.5. The minimum atomic E-state index is -0.392. The van der Waals surface area contributed by atoms with Crippen LogP contribution in [0.4, 0.5) is 5.95 Å². The summed E-state index contributed by atoms with van der Waals surface area (Å²) in [6.45, 7) is 2.89. The number of hydrogen-bond donors (Lipinski definition) is 0. The summed E-state index contributed by atoms with van der Waals surface area (Å²) in [6, 6.07) is 9.99. The van der Waals surface area contributed by atoms with Gasteiger partial charge in [-0.05, 0) is 12.5 Å². The van der Waals surface area contributed by atoms with Gasteiger partial charge in [-0.1, -0.05) is 42.5 Å². The number of aromatic nitrogens is 4. The fourth-order valence-corrected chi connectivity index (χ4v) is 3.27. The Morgan fingerprint density at radius 2 is 1.85 bits per heavy atom. The highest BCUT2D eigenvalue weighted by molar-refractivity contribution is 5.87. The van der Waals surface area contributed by atoms with Crippen LogP contribution in [-0.2, 0) is 20.6 Å². The third-order valence-corrected chi connectivity index (χ3v) is 4.63. The highest BCUT2D eigenvalue weighted by atomic mass is 16.2. The van der Waals surface area contributed by atoms with Gasteiger partial charge in [-0.25, -0.2) is 9.80 Å². The highest BCUT2D eigenvalue weighted by Crippen LogP contribution is 2.23. The predicted octanol–water partition coefficient (Wildman–Crippen LogP) is 1.34. The van der Waals surface area contributed by atoms with Crippen LogP contribution < -0.4 is 16.3 Å². The molecule has 0 N–H and O–H groups in total. The molecule has 0 fully saturated rings. The maximum absolute atomic E-state index is 12.7. The van der Waals surface area contributed by atoms with E-state index in [1.165, 1.54) is 11.6 Å². The lowest BCUT2D eigenvalue weighted by molar-refractivity contribution is 0.702. The van der Waals surface area contributed by atoms with Gasteiger partial charge in [0.1, 0.15) is 0 Å². The molecular weight excluding hydrogens is 344 g/mol. The molecule has 138 valence electrons. The maximum Gasteiger partial charge on any atom is 0.332 e. The molecule has 0 unspecified atom stereocenters. The van der Waals surface area contributed by atoms with Crippen LogP contribution in [0.25, 0.3) is 17.2 Å². The number of aryl methyl sites for hydroxylation is 1. The van der Waals surface area contributed by atoms with Gasteiger partial charge in [-0.3, -0.25) is 18.5 Å². The number of benzene rings is 1. The van der Waals surface area contributed by atoms with Crippen molar-refractivity contribution in [2.75, 3.05) is 11.6 Å². The van der Waals surface area contributed by atoms with Gasteiger partial charge in [-0.15, -0.1) is 0 Å². The van der Waals surface area contributed by atoms with Crippen molar-refractivity contribution < 1.29 is 0 Å². The van der Waals surface area contributed by atoms with Crippen molar-refractivity contribution in [1.82, 2.24) is 18.7 Å². The van der Waals surface area contributed by atoms with E-state index in [1.807, 2.05) is 54.0 Å². The van der Waals surface area contributed by atoms with Crippen molar-refractivity contribution >= 4 is 28.9 Å². The molecule has 8 heteroatoms.